The Morgan fingerprint density at radius 3 is 2.47 bits per heavy atom. The monoisotopic (exact) mass is 230 g/mol. The van der Waals surface area contributed by atoms with Crippen molar-refractivity contribution in [3.8, 4) is 0 Å². The van der Waals surface area contributed by atoms with Crippen LogP contribution in [-0.2, 0) is 4.79 Å². The van der Waals surface area contributed by atoms with Crippen molar-refractivity contribution >= 4 is 5.78 Å². The molecule has 0 amide bonds. The van der Waals surface area contributed by atoms with Crippen LogP contribution in [0, 0.1) is 5.92 Å². The molecule has 1 N–H and O–H groups in total. The van der Waals surface area contributed by atoms with Crippen LogP contribution in [0.25, 0.3) is 0 Å². The molecule has 1 atom stereocenters. The van der Waals surface area contributed by atoms with Gasteiger partial charge in [-0.2, -0.15) is 0 Å². The van der Waals surface area contributed by atoms with Crippen molar-refractivity contribution in [2.75, 3.05) is 0 Å². The van der Waals surface area contributed by atoms with E-state index >= 15 is 0 Å². The summed E-state index contributed by atoms with van der Waals surface area (Å²) in [5, 5.41) is 10.3. The first-order valence-electron chi connectivity index (χ1n) is 5.94. The van der Waals surface area contributed by atoms with E-state index in [4.69, 9.17) is 0 Å². The van der Waals surface area contributed by atoms with Crippen molar-refractivity contribution in [2.24, 2.45) is 5.92 Å². The molecule has 0 spiro atoms. The van der Waals surface area contributed by atoms with Crippen molar-refractivity contribution < 1.29 is 9.90 Å². The third-order valence-electron chi connectivity index (χ3n) is 3.50. The molecular formula is C15H18O2. The van der Waals surface area contributed by atoms with Crippen LogP contribution in [0.1, 0.15) is 27.7 Å². The Labute approximate surface area is 102 Å². The Balaban J connectivity index is 2.60. The molecule has 0 saturated heterocycles. The zero-order chi connectivity index (χ0) is 12.8. The highest BCUT2D eigenvalue weighted by Crippen LogP contribution is 2.39. The molecule has 2 nitrogen and oxygen atoms in total. The van der Waals surface area contributed by atoms with Gasteiger partial charge in [-0.25, -0.2) is 0 Å². The lowest BCUT2D eigenvalue weighted by Gasteiger charge is -2.20. The number of fused-ring (bicyclic) bond motifs is 1. The van der Waals surface area contributed by atoms with Gasteiger partial charge in [-0.15, -0.1) is 0 Å². The van der Waals surface area contributed by atoms with Gasteiger partial charge in [-0.1, -0.05) is 32.1 Å². The first kappa shape index (κ1) is 12.1. The summed E-state index contributed by atoms with van der Waals surface area (Å²) in [6.45, 7) is 7.74. The average molecular weight is 230 g/mol. The molecule has 0 aliphatic heterocycles. The molecule has 0 aromatic carbocycles. The van der Waals surface area contributed by atoms with E-state index in [0.29, 0.717) is 5.92 Å². The maximum atomic E-state index is 11.8. The van der Waals surface area contributed by atoms with E-state index in [0.717, 1.165) is 22.3 Å². The summed E-state index contributed by atoms with van der Waals surface area (Å²) < 4.78 is 0. The van der Waals surface area contributed by atoms with Crippen molar-refractivity contribution in [1.82, 2.24) is 0 Å². The number of ketones is 1. The molecule has 0 radical (unpaired) electrons. The third-order valence-corrected chi connectivity index (χ3v) is 3.50. The van der Waals surface area contributed by atoms with Gasteiger partial charge in [0.15, 0.2) is 5.78 Å². The normalized spacial score (nSPS) is 28.2. The summed E-state index contributed by atoms with van der Waals surface area (Å²) in [7, 11) is 0. The second-order valence-electron chi connectivity index (χ2n) is 5.22. The molecular weight excluding hydrogens is 212 g/mol. The van der Waals surface area contributed by atoms with E-state index in [2.05, 4.69) is 19.9 Å². The summed E-state index contributed by atoms with van der Waals surface area (Å²) in [5.74, 6) is 0.147. The SMILES string of the molecule is CC1=CC=C(C(C)C)C=C2C1=CC(=O)C2(C)O. The summed E-state index contributed by atoms with van der Waals surface area (Å²) in [6, 6.07) is 0. The maximum Gasteiger partial charge on any atom is 0.192 e. The molecule has 2 aliphatic carbocycles. The Bertz CT molecular complexity index is 497. The van der Waals surface area contributed by atoms with Crippen LogP contribution in [0.15, 0.2) is 46.6 Å². The van der Waals surface area contributed by atoms with Gasteiger partial charge in [-0.3, -0.25) is 4.79 Å². The predicted molar refractivity (Wildman–Crippen MR) is 68.5 cm³/mol. The second-order valence-corrected chi connectivity index (χ2v) is 5.22. The number of allylic oxidation sites excluding steroid dienone is 5. The van der Waals surface area contributed by atoms with Crippen LogP contribution < -0.4 is 0 Å². The first-order chi connectivity index (χ1) is 7.84. The van der Waals surface area contributed by atoms with Gasteiger partial charge in [-0.05, 0) is 48.1 Å². The van der Waals surface area contributed by atoms with E-state index in [1.807, 2.05) is 19.1 Å². The van der Waals surface area contributed by atoms with E-state index in [1.54, 1.807) is 13.0 Å². The molecule has 2 heteroatoms. The molecule has 0 heterocycles. The van der Waals surface area contributed by atoms with Gasteiger partial charge in [0.2, 0.25) is 0 Å². The second kappa shape index (κ2) is 3.81. The molecule has 90 valence electrons. The quantitative estimate of drug-likeness (QED) is 0.752. The third kappa shape index (κ3) is 1.83. The zero-order valence-corrected chi connectivity index (χ0v) is 10.7. The lowest BCUT2D eigenvalue weighted by Crippen LogP contribution is -2.32. The van der Waals surface area contributed by atoms with Gasteiger partial charge in [0.25, 0.3) is 0 Å². The van der Waals surface area contributed by atoms with Gasteiger partial charge < -0.3 is 5.11 Å². The minimum atomic E-state index is -1.37. The minimum absolute atomic E-state index is 0.225. The van der Waals surface area contributed by atoms with E-state index in [-0.39, 0.29) is 5.78 Å². The fraction of sp³-hybridized carbons (Fsp3) is 0.400. The number of rotatable bonds is 1. The highest BCUT2D eigenvalue weighted by Gasteiger charge is 2.41. The lowest BCUT2D eigenvalue weighted by atomic mass is 9.90. The van der Waals surface area contributed by atoms with E-state index in [1.165, 1.54) is 0 Å². The van der Waals surface area contributed by atoms with Crippen LogP contribution in [-0.4, -0.2) is 16.5 Å². The molecule has 2 aliphatic rings. The molecule has 0 saturated carbocycles. The Kier molecular flexibility index (Phi) is 2.70. The highest BCUT2D eigenvalue weighted by molar-refractivity contribution is 6.06. The topological polar surface area (TPSA) is 37.3 Å². The van der Waals surface area contributed by atoms with Crippen LogP contribution in [0.5, 0.6) is 0 Å². The molecule has 1 unspecified atom stereocenters. The number of aliphatic hydroxyl groups is 1. The summed E-state index contributed by atoms with van der Waals surface area (Å²) in [4.78, 5) is 11.8. The van der Waals surface area contributed by atoms with Gasteiger partial charge in [0.05, 0.1) is 0 Å². The van der Waals surface area contributed by atoms with Gasteiger partial charge in [0.1, 0.15) is 5.60 Å². The number of carbonyl (C=O) groups excluding carboxylic acids is 1. The lowest BCUT2D eigenvalue weighted by molar-refractivity contribution is -0.126. The Hall–Kier alpha value is -1.41. The first-order valence-corrected chi connectivity index (χ1v) is 5.94. The summed E-state index contributed by atoms with van der Waals surface area (Å²) in [5.41, 5.74) is 2.39. The largest absolute Gasteiger partial charge is 0.377 e. The highest BCUT2D eigenvalue weighted by atomic mass is 16.3. The summed E-state index contributed by atoms with van der Waals surface area (Å²) >= 11 is 0. The fourth-order valence-corrected chi connectivity index (χ4v) is 2.17. The van der Waals surface area contributed by atoms with Crippen LogP contribution >= 0.6 is 0 Å². The van der Waals surface area contributed by atoms with Crippen molar-refractivity contribution in [3.63, 3.8) is 0 Å². The van der Waals surface area contributed by atoms with Crippen molar-refractivity contribution in [2.45, 2.75) is 33.3 Å². The van der Waals surface area contributed by atoms with Gasteiger partial charge in [0, 0.05) is 0 Å². The van der Waals surface area contributed by atoms with Gasteiger partial charge >= 0.3 is 0 Å². The fourth-order valence-electron chi connectivity index (χ4n) is 2.17. The maximum absolute atomic E-state index is 11.8. The van der Waals surface area contributed by atoms with Crippen LogP contribution in [0.4, 0.5) is 0 Å². The molecule has 17 heavy (non-hydrogen) atoms. The van der Waals surface area contributed by atoms with Crippen molar-refractivity contribution in [1.29, 1.82) is 0 Å². The van der Waals surface area contributed by atoms with Crippen molar-refractivity contribution in [3.05, 3.63) is 46.6 Å². The Morgan fingerprint density at radius 2 is 1.88 bits per heavy atom. The number of hydrogen-bond donors (Lipinski definition) is 1. The average Bonchev–Trinajstić information content (AvgIpc) is 2.37. The Morgan fingerprint density at radius 1 is 1.24 bits per heavy atom. The van der Waals surface area contributed by atoms with Crippen LogP contribution in [0.3, 0.4) is 0 Å². The minimum Gasteiger partial charge on any atom is -0.377 e. The number of carbonyl (C=O) groups is 1. The molecule has 2 rings (SSSR count). The summed E-state index contributed by atoms with van der Waals surface area (Å²) in [6.07, 6.45) is 7.58. The zero-order valence-electron chi connectivity index (χ0n) is 10.7. The molecule has 0 fully saturated rings. The van der Waals surface area contributed by atoms with Crippen LogP contribution in [0.2, 0.25) is 0 Å². The molecule has 0 aromatic rings. The van der Waals surface area contributed by atoms with E-state index in [9.17, 15) is 9.90 Å². The smallest absolute Gasteiger partial charge is 0.192 e. The predicted octanol–water partition coefficient (Wildman–Crippen LogP) is 2.72. The molecule has 0 bridgehead atoms. The molecule has 0 aromatic heterocycles. The standard InChI is InChI=1S/C15H18O2/c1-9(2)11-6-5-10(3)12-8-14(16)15(4,17)13(12)7-11/h5-9,17H,1-4H3. The van der Waals surface area contributed by atoms with E-state index < -0.39 is 5.60 Å². The number of hydrogen-bond acceptors (Lipinski definition) is 2.